The average molecular weight is 329 g/mol. The van der Waals surface area contributed by atoms with Gasteiger partial charge in [0.2, 0.25) is 0 Å². The Kier molecular flexibility index (Phi) is 4.58. The number of rotatable bonds is 2. The smallest absolute Gasteiger partial charge is 0.253 e. The Hall–Kier alpha value is -2.00. The molecule has 0 aliphatic carbocycles. The molecule has 1 amide bonds. The maximum atomic E-state index is 12.7. The molecule has 0 spiro atoms. The molecule has 0 atom stereocenters. The summed E-state index contributed by atoms with van der Waals surface area (Å²) < 4.78 is 0. The van der Waals surface area contributed by atoms with E-state index in [9.17, 15) is 4.79 Å². The number of amides is 1. The van der Waals surface area contributed by atoms with Gasteiger partial charge in [-0.05, 0) is 44.2 Å². The van der Waals surface area contributed by atoms with Crippen LogP contribution in [-0.4, -0.2) is 37.0 Å². The fourth-order valence-corrected chi connectivity index (χ4v) is 3.31. The van der Waals surface area contributed by atoms with Crippen molar-refractivity contribution >= 4 is 23.2 Å². The molecule has 3 nitrogen and oxygen atoms in total. The number of anilines is 1. The Labute approximate surface area is 142 Å². The van der Waals surface area contributed by atoms with E-state index in [-0.39, 0.29) is 5.91 Å². The van der Waals surface area contributed by atoms with E-state index in [0.717, 1.165) is 53.6 Å². The second kappa shape index (κ2) is 6.63. The quantitative estimate of drug-likeness (QED) is 0.834. The fourth-order valence-electron chi connectivity index (χ4n) is 3.12. The lowest BCUT2D eigenvalue weighted by Crippen LogP contribution is -2.48. The SMILES string of the molecule is Cc1cc(C)cc(C(=O)N2CCN(c3cccc(Cl)c3)CC2)c1. The van der Waals surface area contributed by atoms with Crippen LogP contribution in [0.1, 0.15) is 21.5 Å². The monoisotopic (exact) mass is 328 g/mol. The van der Waals surface area contributed by atoms with Crippen LogP contribution in [0.15, 0.2) is 42.5 Å². The molecule has 120 valence electrons. The average Bonchev–Trinajstić information content (AvgIpc) is 2.53. The zero-order chi connectivity index (χ0) is 16.4. The van der Waals surface area contributed by atoms with Crippen LogP contribution in [0.4, 0.5) is 5.69 Å². The van der Waals surface area contributed by atoms with Crippen LogP contribution in [0.25, 0.3) is 0 Å². The normalized spacial score (nSPS) is 14.9. The van der Waals surface area contributed by atoms with Gasteiger partial charge >= 0.3 is 0 Å². The first kappa shape index (κ1) is 15.9. The number of halogens is 1. The summed E-state index contributed by atoms with van der Waals surface area (Å²) in [4.78, 5) is 16.9. The summed E-state index contributed by atoms with van der Waals surface area (Å²) in [5.41, 5.74) is 4.17. The maximum Gasteiger partial charge on any atom is 0.253 e. The summed E-state index contributed by atoms with van der Waals surface area (Å²) in [5, 5.41) is 0.747. The molecule has 0 bridgehead atoms. The van der Waals surface area contributed by atoms with Crippen molar-refractivity contribution in [2.75, 3.05) is 31.1 Å². The largest absolute Gasteiger partial charge is 0.368 e. The summed E-state index contributed by atoms with van der Waals surface area (Å²) in [6.45, 7) is 7.19. The Morgan fingerprint density at radius 1 is 0.957 bits per heavy atom. The van der Waals surface area contributed by atoms with E-state index in [4.69, 9.17) is 11.6 Å². The van der Waals surface area contributed by atoms with Gasteiger partial charge in [-0.25, -0.2) is 0 Å². The second-order valence-corrected chi connectivity index (χ2v) is 6.57. The topological polar surface area (TPSA) is 23.6 Å². The minimum absolute atomic E-state index is 0.127. The number of nitrogens with zero attached hydrogens (tertiary/aromatic N) is 2. The van der Waals surface area contributed by atoms with Gasteiger partial charge in [0.25, 0.3) is 5.91 Å². The number of piperazine rings is 1. The molecule has 4 heteroatoms. The van der Waals surface area contributed by atoms with E-state index in [1.165, 1.54) is 0 Å². The lowest BCUT2D eigenvalue weighted by molar-refractivity contribution is 0.0746. The third-order valence-corrected chi connectivity index (χ3v) is 4.44. The number of hydrogen-bond acceptors (Lipinski definition) is 2. The molecular weight excluding hydrogens is 308 g/mol. The minimum Gasteiger partial charge on any atom is -0.368 e. The molecule has 3 rings (SSSR count). The first-order valence-corrected chi connectivity index (χ1v) is 8.29. The van der Waals surface area contributed by atoms with E-state index in [2.05, 4.69) is 17.0 Å². The first-order chi connectivity index (χ1) is 11.0. The van der Waals surface area contributed by atoms with Crippen molar-refractivity contribution in [2.24, 2.45) is 0 Å². The molecule has 1 heterocycles. The molecule has 23 heavy (non-hydrogen) atoms. The molecule has 1 fully saturated rings. The van der Waals surface area contributed by atoms with Crippen LogP contribution in [0.2, 0.25) is 5.02 Å². The van der Waals surface area contributed by atoms with Gasteiger partial charge in [0.1, 0.15) is 0 Å². The van der Waals surface area contributed by atoms with Crippen molar-refractivity contribution in [2.45, 2.75) is 13.8 Å². The number of aryl methyl sites for hydroxylation is 2. The molecule has 2 aromatic rings. The highest BCUT2D eigenvalue weighted by Crippen LogP contribution is 2.21. The minimum atomic E-state index is 0.127. The van der Waals surface area contributed by atoms with Crippen LogP contribution < -0.4 is 4.90 Å². The molecular formula is C19H21ClN2O. The molecule has 0 radical (unpaired) electrons. The van der Waals surface area contributed by atoms with Gasteiger partial charge < -0.3 is 9.80 Å². The number of carbonyl (C=O) groups excluding carboxylic acids is 1. The lowest BCUT2D eigenvalue weighted by Gasteiger charge is -2.36. The Morgan fingerprint density at radius 2 is 1.61 bits per heavy atom. The summed E-state index contributed by atoms with van der Waals surface area (Å²) in [5.74, 6) is 0.127. The van der Waals surface area contributed by atoms with Gasteiger partial charge in [-0.15, -0.1) is 0 Å². The van der Waals surface area contributed by atoms with Crippen molar-refractivity contribution in [1.29, 1.82) is 0 Å². The number of carbonyl (C=O) groups is 1. The zero-order valence-corrected chi connectivity index (χ0v) is 14.3. The highest BCUT2D eigenvalue weighted by molar-refractivity contribution is 6.30. The third kappa shape index (κ3) is 3.67. The molecule has 1 saturated heterocycles. The molecule has 0 saturated carbocycles. The predicted octanol–water partition coefficient (Wildman–Crippen LogP) is 3.92. The van der Waals surface area contributed by atoms with Crippen LogP contribution in [0, 0.1) is 13.8 Å². The molecule has 2 aromatic carbocycles. The number of benzene rings is 2. The van der Waals surface area contributed by atoms with Crippen molar-refractivity contribution in [1.82, 2.24) is 4.90 Å². The van der Waals surface area contributed by atoms with E-state index >= 15 is 0 Å². The standard InChI is InChI=1S/C19H21ClN2O/c1-14-10-15(2)12-16(11-14)19(23)22-8-6-21(7-9-22)18-5-3-4-17(20)13-18/h3-5,10-13H,6-9H2,1-2H3. The van der Waals surface area contributed by atoms with Gasteiger partial charge in [0, 0.05) is 42.5 Å². The lowest BCUT2D eigenvalue weighted by atomic mass is 10.1. The summed E-state index contributed by atoms with van der Waals surface area (Å²) in [7, 11) is 0. The highest BCUT2D eigenvalue weighted by Gasteiger charge is 2.22. The van der Waals surface area contributed by atoms with E-state index in [1.807, 2.05) is 49.1 Å². The van der Waals surface area contributed by atoms with Crippen molar-refractivity contribution in [3.05, 3.63) is 64.2 Å². The molecule has 1 aliphatic heterocycles. The Bertz CT molecular complexity index is 701. The van der Waals surface area contributed by atoms with Gasteiger partial charge in [-0.2, -0.15) is 0 Å². The third-order valence-electron chi connectivity index (χ3n) is 4.21. The predicted molar refractivity (Wildman–Crippen MR) is 95.5 cm³/mol. The van der Waals surface area contributed by atoms with Crippen LogP contribution in [0.3, 0.4) is 0 Å². The maximum absolute atomic E-state index is 12.7. The molecule has 1 aliphatic rings. The highest BCUT2D eigenvalue weighted by atomic mass is 35.5. The van der Waals surface area contributed by atoms with Crippen LogP contribution in [0.5, 0.6) is 0 Å². The summed E-state index contributed by atoms with van der Waals surface area (Å²) in [6.07, 6.45) is 0. The van der Waals surface area contributed by atoms with Crippen molar-refractivity contribution in [3.63, 3.8) is 0 Å². The number of hydrogen-bond donors (Lipinski definition) is 0. The van der Waals surface area contributed by atoms with Crippen molar-refractivity contribution < 1.29 is 4.79 Å². The van der Waals surface area contributed by atoms with Crippen LogP contribution in [-0.2, 0) is 0 Å². The van der Waals surface area contributed by atoms with E-state index in [1.54, 1.807) is 0 Å². The fraction of sp³-hybridized carbons (Fsp3) is 0.316. The van der Waals surface area contributed by atoms with Gasteiger partial charge in [-0.1, -0.05) is 34.9 Å². The Morgan fingerprint density at radius 3 is 2.22 bits per heavy atom. The van der Waals surface area contributed by atoms with E-state index in [0.29, 0.717) is 0 Å². The van der Waals surface area contributed by atoms with Gasteiger partial charge in [-0.3, -0.25) is 4.79 Å². The first-order valence-electron chi connectivity index (χ1n) is 7.91. The summed E-state index contributed by atoms with van der Waals surface area (Å²) >= 11 is 6.06. The molecule has 0 aromatic heterocycles. The van der Waals surface area contributed by atoms with Crippen molar-refractivity contribution in [3.8, 4) is 0 Å². The summed E-state index contributed by atoms with van der Waals surface area (Å²) in [6, 6.07) is 13.9. The molecule has 0 N–H and O–H groups in total. The van der Waals surface area contributed by atoms with Gasteiger partial charge in [0.15, 0.2) is 0 Å². The van der Waals surface area contributed by atoms with Gasteiger partial charge in [0.05, 0.1) is 0 Å². The Balaban J connectivity index is 1.67. The zero-order valence-electron chi connectivity index (χ0n) is 13.6. The van der Waals surface area contributed by atoms with Crippen LogP contribution >= 0.6 is 11.6 Å². The second-order valence-electron chi connectivity index (χ2n) is 6.14. The van der Waals surface area contributed by atoms with E-state index < -0.39 is 0 Å². The molecule has 0 unspecified atom stereocenters.